The van der Waals surface area contributed by atoms with Gasteiger partial charge < -0.3 is 4.57 Å². The summed E-state index contributed by atoms with van der Waals surface area (Å²) in [5, 5.41) is 1.08. The largest absolute Gasteiger partial charge is 0.307 e. The normalized spacial score (nSPS) is 13.2. The third-order valence-corrected chi connectivity index (χ3v) is 9.20. The van der Waals surface area contributed by atoms with Gasteiger partial charge in [-0.2, -0.15) is 0 Å². The Morgan fingerprint density at radius 1 is 0.543 bits per heavy atom. The first-order valence-electron chi connectivity index (χ1n) is 15.4. The highest BCUT2D eigenvalue weighted by atomic mass is 15.0. The fraction of sp³-hybridized carbons (Fsp3) is 0.0750. The van der Waals surface area contributed by atoms with Gasteiger partial charge in [-0.1, -0.05) is 105 Å². The van der Waals surface area contributed by atoms with Crippen molar-refractivity contribution in [3.05, 3.63) is 145 Å². The number of hydrogen-bond acceptors (Lipinski definition) is 5. The lowest BCUT2D eigenvalue weighted by Crippen LogP contribution is -2.26. The maximum absolute atomic E-state index is 4.90. The fourth-order valence-corrected chi connectivity index (χ4v) is 6.82. The third kappa shape index (κ3) is 4.00. The van der Waals surface area contributed by atoms with Crippen LogP contribution in [-0.2, 0) is 5.41 Å². The minimum Gasteiger partial charge on any atom is -0.307 e. The SMILES string of the molecule is CC1(C)c2cc(-c3ccc(-c4nc(-c5ccccc5)nc(-c5ccccc5)n4)cc3)ccc2-n2c3ccncc3c3nccc1c32. The minimum absolute atomic E-state index is 0.211. The van der Waals surface area contributed by atoms with Gasteiger partial charge in [-0.15, -0.1) is 0 Å². The molecule has 1 aliphatic heterocycles. The van der Waals surface area contributed by atoms with Crippen LogP contribution in [0, 0.1) is 0 Å². The molecule has 0 radical (unpaired) electrons. The molecule has 218 valence electrons. The van der Waals surface area contributed by atoms with Crippen LogP contribution in [-0.4, -0.2) is 29.5 Å². The van der Waals surface area contributed by atoms with E-state index in [1.807, 2.05) is 79.3 Å². The first kappa shape index (κ1) is 26.4. The molecule has 5 heterocycles. The van der Waals surface area contributed by atoms with Gasteiger partial charge in [0.2, 0.25) is 0 Å². The molecule has 46 heavy (non-hydrogen) atoms. The Hall–Kier alpha value is -6.01. The van der Waals surface area contributed by atoms with Gasteiger partial charge in [0.1, 0.15) is 0 Å². The second kappa shape index (κ2) is 10.0. The van der Waals surface area contributed by atoms with E-state index in [-0.39, 0.29) is 5.41 Å². The Balaban J connectivity index is 1.14. The van der Waals surface area contributed by atoms with Gasteiger partial charge in [-0.3, -0.25) is 9.97 Å². The summed E-state index contributed by atoms with van der Waals surface area (Å²) < 4.78 is 2.36. The van der Waals surface area contributed by atoms with Gasteiger partial charge >= 0.3 is 0 Å². The predicted octanol–water partition coefficient (Wildman–Crippen LogP) is 9.07. The molecule has 0 unspecified atom stereocenters. The molecule has 0 amide bonds. The van der Waals surface area contributed by atoms with Crippen molar-refractivity contribution < 1.29 is 0 Å². The monoisotopic (exact) mass is 592 g/mol. The summed E-state index contributed by atoms with van der Waals surface area (Å²) >= 11 is 0. The molecule has 0 aliphatic carbocycles. The van der Waals surface area contributed by atoms with Gasteiger partial charge in [0.25, 0.3) is 0 Å². The summed E-state index contributed by atoms with van der Waals surface area (Å²) in [5.41, 5.74) is 12.0. The van der Waals surface area contributed by atoms with Crippen LogP contribution in [0.15, 0.2) is 134 Å². The summed E-state index contributed by atoms with van der Waals surface area (Å²) in [6.07, 6.45) is 5.71. The summed E-state index contributed by atoms with van der Waals surface area (Å²) in [6, 6.07) is 39.7. The van der Waals surface area contributed by atoms with E-state index in [1.165, 1.54) is 22.3 Å². The van der Waals surface area contributed by atoms with E-state index in [1.54, 1.807) is 0 Å². The van der Waals surface area contributed by atoms with Crippen LogP contribution in [0.2, 0.25) is 0 Å². The maximum Gasteiger partial charge on any atom is 0.164 e. The van der Waals surface area contributed by atoms with Crippen molar-refractivity contribution >= 4 is 21.9 Å². The zero-order valence-electron chi connectivity index (χ0n) is 25.4. The Morgan fingerprint density at radius 3 is 1.78 bits per heavy atom. The van der Waals surface area contributed by atoms with Crippen LogP contribution in [0.3, 0.4) is 0 Å². The molecular weight excluding hydrogens is 564 g/mol. The maximum atomic E-state index is 4.90. The van der Waals surface area contributed by atoms with Crippen molar-refractivity contribution in [1.29, 1.82) is 0 Å². The van der Waals surface area contributed by atoms with Gasteiger partial charge in [0.15, 0.2) is 17.5 Å². The molecule has 0 N–H and O–H groups in total. The highest BCUT2D eigenvalue weighted by Crippen LogP contribution is 2.47. The molecule has 6 nitrogen and oxygen atoms in total. The topological polar surface area (TPSA) is 69.4 Å². The van der Waals surface area contributed by atoms with E-state index >= 15 is 0 Å². The summed E-state index contributed by atoms with van der Waals surface area (Å²) in [4.78, 5) is 23.8. The van der Waals surface area contributed by atoms with Gasteiger partial charge in [0.05, 0.1) is 22.2 Å². The molecule has 0 saturated heterocycles. The van der Waals surface area contributed by atoms with Crippen molar-refractivity contribution in [3.63, 3.8) is 0 Å². The highest BCUT2D eigenvalue weighted by Gasteiger charge is 2.35. The van der Waals surface area contributed by atoms with Crippen molar-refractivity contribution in [2.45, 2.75) is 19.3 Å². The van der Waals surface area contributed by atoms with Gasteiger partial charge in [0, 0.05) is 46.1 Å². The molecule has 0 bridgehead atoms. The molecule has 6 heteroatoms. The number of rotatable bonds is 4. The van der Waals surface area contributed by atoms with Crippen LogP contribution in [0.25, 0.3) is 72.9 Å². The number of pyridine rings is 2. The van der Waals surface area contributed by atoms with E-state index in [9.17, 15) is 0 Å². The third-order valence-electron chi connectivity index (χ3n) is 9.20. The van der Waals surface area contributed by atoms with Crippen LogP contribution in [0.5, 0.6) is 0 Å². The molecule has 0 spiro atoms. The Morgan fingerprint density at radius 2 is 1.13 bits per heavy atom. The van der Waals surface area contributed by atoms with Crippen LogP contribution < -0.4 is 0 Å². The van der Waals surface area contributed by atoms with Crippen molar-refractivity contribution in [2.75, 3.05) is 0 Å². The van der Waals surface area contributed by atoms with E-state index in [2.05, 4.69) is 78.0 Å². The lowest BCUT2D eigenvalue weighted by molar-refractivity contribution is 0.629. The zero-order valence-corrected chi connectivity index (χ0v) is 25.4. The van der Waals surface area contributed by atoms with Crippen LogP contribution in [0.4, 0.5) is 0 Å². The Bertz CT molecular complexity index is 2370. The van der Waals surface area contributed by atoms with Gasteiger partial charge in [-0.25, -0.2) is 15.0 Å². The fourth-order valence-electron chi connectivity index (χ4n) is 6.82. The van der Waals surface area contributed by atoms with Crippen molar-refractivity contribution in [3.8, 4) is 51.0 Å². The Kier molecular flexibility index (Phi) is 5.74. The molecule has 0 atom stereocenters. The predicted molar refractivity (Wildman–Crippen MR) is 184 cm³/mol. The molecule has 0 saturated carbocycles. The second-order valence-electron chi connectivity index (χ2n) is 12.3. The first-order valence-corrected chi connectivity index (χ1v) is 15.4. The Labute approximate surface area is 266 Å². The van der Waals surface area contributed by atoms with E-state index in [0.717, 1.165) is 44.2 Å². The van der Waals surface area contributed by atoms with Crippen molar-refractivity contribution in [1.82, 2.24) is 29.5 Å². The molecule has 4 aromatic carbocycles. The molecule has 0 fully saturated rings. The van der Waals surface area contributed by atoms with Crippen molar-refractivity contribution in [2.24, 2.45) is 0 Å². The average Bonchev–Trinajstić information content (AvgIpc) is 3.46. The number of nitrogens with zero attached hydrogens (tertiary/aromatic N) is 6. The number of aromatic nitrogens is 6. The molecule has 8 aromatic rings. The lowest BCUT2D eigenvalue weighted by Gasteiger charge is -2.34. The zero-order chi connectivity index (χ0) is 30.8. The molecular formula is C40H28N6. The highest BCUT2D eigenvalue weighted by molar-refractivity contribution is 6.09. The number of benzene rings is 4. The van der Waals surface area contributed by atoms with Crippen LogP contribution >= 0.6 is 0 Å². The molecule has 1 aliphatic rings. The number of hydrogen-bond donors (Lipinski definition) is 0. The van der Waals surface area contributed by atoms with E-state index in [4.69, 9.17) is 19.9 Å². The lowest BCUT2D eigenvalue weighted by atomic mass is 9.74. The van der Waals surface area contributed by atoms with Crippen LogP contribution in [0.1, 0.15) is 25.0 Å². The molecule has 4 aromatic heterocycles. The quantitative estimate of drug-likeness (QED) is 0.204. The summed E-state index contributed by atoms with van der Waals surface area (Å²) in [5.74, 6) is 1.96. The smallest absolute Gasteiger partial charge is 0.164 e. The minimum atomic E-state index is -0.211. The summed E-state index contributed by atoms with van der Waals surface area (Å²) in [6.45, 7) is 4.62. The summed E-state index contributed by atoms with van der Waals surface area (Å²) in [7, 11) is 0. The van der Waals surface area contributed by atoms with E-state index < -0.39 is 0 Å². The average molecular weight is 593 g/mol. The standard InChI is InChI=1S/C40H28N6/c1-40(2)31-19-22-42-35-30-24-41-21-20-33(30)46(36(31)35)34-18-17-29(23-32(34)40)25-13-15-28(16-14-25)39-44-37(26-9-5-3-6-10-26)43-38(45-39)27-11-7-4-8-12-27/h3-24H,1-2H3. The second-order valence-corrected chi connectivity index (χ2v) is 12.3. The number of fused-ring (bicyclic) bond motifs is 5. The molecule has 9 rings (SSSR count). The van der Waals surface area contributed by atoms with E-state index in [0.29, 0.717) is 17.5 Å². The van der Waals surface area contributed by atoms with Gasteiger partial charge in [-0.05, 0) is 46.5 Å². The first-order chi connectivity index (χ1) is 22.6.